The molecule has 0 saturated heterocycles. The summed E-state index contributed by atoms with van der Waals surface area (Å²) in [7, 11) is 0. The van der Waals surface area contributed by atoms with Gasteiger partial charge in [0.2, 0.25) is 0 Å². The Morgan fingerprint density at radius 3 is 2.77 bits per heavy atom. The van der Waals surface area contributed by atoms with Gasteiger partial charge >= 0.3 is 11.9 Å². The first-order valence-electron chi connectivity index (χ1n) is 6.65. The van der Waals surface area contributed by atoms with E-state index >= 15 is 0 Å². The number of fused-ring (bicyclic) bond motifs is 1. The number of carboxylic acids is 1. The van der Waals surface area contributed by atoms with Crippen LogP contribution in [0.1, 0.15) is 12.5 Å². The Bertz CT molecular complexity index is 796. The van der Waals surface area contributed by atoms with Crippen LogP contribution in [0.5, 0.6) is 0 Å². The summed E-state index contributed by atoms with van der Waals surface area (Å²) in [6.07, 6.45) is 2.94. The topological polar surface area (TPSA) is 92.3 Å². The van der Waals surface area contributed by atoms with Crippen molar-refractivity contribution in [1.29, 1.82) is 5.26 Å². The predicted octanol–water partition coefficient (Wildman–Crippen LogP) is 2.20. The van der Waals surface area contributed by atoms with Crippen LogP contribution in [0.2, 0.25) is 0 Å². The molecular weight excluding hydrogens is 284 g/mol. The van der Waals surface area contributed by atoms with Crippen LogP contribution in [0.15, 0.2) is 36.0 Å². The first-order chi connectivity index (χ1) is 10.6. The fourth-order valence-corrected chi connectivity index (χ4v) is 2.16. The number of hydrogen-bond acceptors (Lipinski definition) is 4. The number of esters is 1. The molecule has 0 amide bonds. The van der Waals surface area contributed by atoms with Gasteiger partial charge in [-0.1, -0.05) is 18.2 Å². The van der Waals surface area contributed by atoms with Gasteiger partial charge < -0.3 is 14.4 Å². The molecule has 2 rings (SSSR count). The van der Waals surface area contributed by atoms with Crippen LogP contribution < -0.4 is 0 Å². The Balaban J connectivity index is 2.51. The van der Waals surface area contributed by atoms with Crippen molar-refractivity contribution in [3.63, 3.8) is 0 Å². The third kappa shape index (κ3) is 3.15. The van der Waals surface area contributed by atoms with Gasteiger partial charge in [0.25, 0.3) is 0 Å². The molecule has 0 aliphatic rings. The molecule has 22 heavy (non-hydrogen) atoms. The molecule has 0 aliphatic carbocycles. The third-order valence-electron chi connectivity index (χ3n) is 3.07. The highest BCUT2D eigenvalue weighted by Crippen LogP contribution is 2.23. The maximum atomic E-state index is 11.6. The number of carboxylic acid groups (broad SMARTS) is 1. The summed E-state index contributed by atoms with van der Waals surface area (Å²) in [4.78, 5) is 22.6. The lowest BCUT2D eigenvalue weighted by Crippen LogP contribution is -2.12. The fourth-order valence-electron chi connectivity index (χ4n) is 2.16. The van der Waals surface area contributed by atoms with E-state index in [0.29, 0.717) is 12.2 Å². The van der Waals surface area contributed by atoms with Crippen LogP contribution in [0, 0.1) is 11.3 Å². The van der Waals surface area contributed by atoms with Crippen molar-refractivity contribution in [1.82, 2.24) is 4.57 Å². The number of ether oxygens (including phenoxy) is 1. The molecular formula is C16H14N2O4. The number of aliphatic carboxylic acids is 1. The minimum absolute atomic E-state index is 0.0250. The number of carbonyl (C=O) groups excluding carboxylic acids is 1. The molecule has 0 fully saturated rings. The van der Waals surface area contributed by atoms with Crippen molar-refractivity contribution >= 4 is 28.9 Å². The van der Waals surface area contributed by atoms with Crippen molar-refractivity contribution in [3.05, 3.63) is 41.6 Å². The summed E-state index contributed by atoms with van der Waals surface area (Å²) >= 11 is 0. The van der Waals surface area contributed by atoms with Gasteiger partial charge in [-0.2, -0.15) is 5.26 Å². The molecule has 6 heteroatoms. The number of nitriles is 1. The number of carbonyl (C=O) groups is 2. The zero-order chi connectivity index (χ0) is 16.1. The van der Waals surface area contributed by atoms with E-state index in [0.717, 1.165) is 10.9 Å². The van der Waals surface area contributed by atoms with E-state index in [2.05, 4.69) is 0 Å². The minimum Gasteiger partial charge on any atom is -0.477 e. The van der Waals surface area contributed by atoms with Gasteiger partial charge in [0, 0.05) is 22.7 Å². The molecule has 6 nitrogen and oxygen atoms in total. The molecule has 0 aliphatic heterocycles. The Kier molecular flexibility index (Phi) is 4.59. The third-order valence-corrected chi connectivity index (χ3v) is 3.07. The van der Waals surface area contributed by atoms with Crippen molar-refractivity contribution in [2.75, 3.05) is 6.61 Å². The first-order valence-corrected chi connectivity index (χ1v) is 6.65. The second kappa shape index (κ2) is 6.59. The lowest BCUT2D eigenvalue weighted by Gasteiger charge is -2.04. The molecule has 0 radical (unpaired) electrons. The maximum absolute atomic E-state index is 11.6. The standard InChI is InChI=1S/C16H14N2O4/c1-2-22-15(19)10-18-9-12(7-11(8-17)16(20)21)13-5-3-4-6-14(13)18/h3-7,9H,2,10H2,1H3,(H,20,21)/b11-7-. The van der Waals surface area contributed by atoms with E-state index in [1.54, 1.807) is 35.9 Å². The van der Waals surface area contributed by atoms with Gasteiger partial charge in [-0.25, -0.2) is 4.79 Å². The lowest BCUT2D eigenvalue weighted by atomic mass is 10.1. The second-order valence-electron chi connectivity index (χ2n) is 4.51. The molecule has 0 saturated carbocycles. The van der Waals surface area contributed by atoms with Crippen molar-refractivity contribution in [3.8, 4) is 6.07 Å². The summed E-state index contributed by atoms with van der Waals surface area (Å²) < 4.78 is 6.60. The predicted molar refractivity (Wildman–Crippen MR) is 79.8 cm³/mol. The summed E-state index contributed by atoms with van der Waals surface area (Å²) in [5, 5.41) is 18.6. The largest absolute Gasteiger partial charge is 0.477 e. The SMILES string of the molecule is CCOC(=O)Cn1cc(/C=C(/C#N)C(=O)O)c2ccccc21. The number of rotatable bonds is 5. The first kappa shape index (κ1) is 15.3. The fraction of sp³-hybridized carbons (Fsp3) is 0.188. The van der Waals surface area contributed by atoms with Gasteiger partial charge in [-0.3, -0.25) is 4.79 Å². The van der Waals surface area contributed by atoms with Crippen LogP contribution >= 0.6 is 0 Å². The molecule has 2 aromatic rings. The maximum Gasteiger partial charge on any atom is 0.346 e. The van der Waals surface area contributed by atoms with E-state index < -0.39 is 5.97 Å². The minimum atomic E-state index is -1.29. The number of aromatic nitrogens is 1. The van der Waals surface area contributed by atoms with Gasteiger partial charge in [0.15, 0.2) is 0 Å². The smallest absolute Gasteiger partial charge is 0.346 e. The molecule has 0 spiro atoms. The summed E-state index contributed by atoms with van der Waals surface area (Å²) in [6, 6.07) is 8.90. The van der Waals surface area contributed by atoms with Crippen molar-refractivity contribution < 1.29 is 19.4 Å². The monoisotopic (exact) mass is 298 g/mol. The van der Waals surface area contributed by atoms with Crippen LogP contribution in [0.3, 0.4) is 0 Å². The van der Waals surface area contributed by atoms with E-state index in [9.17, 15) is 9.59 Å². The van der Waals surface area contributed by atoms with Gasteiger partial charge in [-0.05, 0) is 19.1 Å². The Morgan fingerprint density at radius 1 is 1.41 bits per heavy atom. The number of benzene rings is 1. The van der Waals surface area contributed by atoms with Crippen molar-refractivity contribution in [2.24, 2.45) is 0 Å². The molecule has 0 atom stereocenters. The molecule has 112 valence electrons. The summed E-state index contributed by atoms with van der Waals surface area (Å²) in [6.45, 7) is 2.05. The van der Waals surface area contributed by atoms with Crippen LogP contribution in [0.25, 0.3) is 17.0 Å². The molecule has 1 aromatic heterocycles. The Labute approximate surface area is 126 Å². The highest BCUT2D eigenvalue weighted by atomic mass is 16.5. The molecule has 0 unspecified atom stereocenters. The van der Waals surface area contributed by atoms with E-state index in [1.807, 2.05) is 12.1 Å². The zero-order valence-corrected chi connectivity index (χ0v) is 11.9. The normalized spacial score (nSPS) is 11.2. The van der Waals surface area contributed by atoms with Crippen LogP contribution in [-0.2, 0) is 20.9 Å². The number of para-hydroxylation sites is 1. The highest BCUT2D eigenvalue weighted by Gasteiger charge is 2.13. The molecule has 1 N–H and O–H groups in total. The summed E-state index contributed by atoms with van der Waals surface area (Å²) in [5.74, 6) is -1.66. The molecule has 1 heterocycles. The van der Waals surface area contributed by atoms with Crippen molar-refractivity contribution in [2.45, 2.75) is 13.5 Å². The van der Waals surface area contributed by atoms with Gasteiger partial charge in [0.1, 0.15) is 18.2 Å². The van der Waals surface area contributed by atoms with E-state index in [-0.39, 0.29) is 18.1 Å². The molecule has 0 bridgehead atoms. The van der Waals surface area contributed by atoms with Gasteiger partial charge in [-0.15, -0.1) is 0 Å². The Hall–Kier alpha value is -3.07. The van der Waals surface area contributed by atoms with Crippen LogP contribution in [-0.4, -0.2) is 28.2 Å². The average Bonchev–Trinajstić information content (AvgIpc) is 2.83. The molecule has 1 aromatic carbocycles. The van der Waals surface area contributed by atoms with Crippen LogP contribution in [0.4, 0.5) is 0 Å². The number of nitrogens with zero attached hydrogens (tertiary/aromatic N) is 2. The lowest BCUT2D eigenvalue weighted by molar-refractivity contribution is -0.143. The average molecular weight is 298 g/mol. The van der Waals surface area contributed by atoms with Gasteiger partial charge in [0.05, 0.1) is 6.61 Å². The van der Waals surface area contributed by atoms with E-state index in [1.165, 1.54) is 6.08 Å². The highest BCUT2D eigenvalue weighted by molar-refractivity contribution is 6.00. The number of hydrogen-bond donors (Lipinski definition) is 1. The quantitative estimate of drug-likeness (QED) is 0.519. The summed E-state index contributed by atoms with van der Waals surface area (Å²) in [5.41, 5.74) is 0.974. The Morgan fingerprint density at radius 2 is 2.14 bits per heavy atom. The van der Waals surface area contributed by atoms with E-state index in [4.69, 9.17) is 15.1 Å². The zero-order valence-electron chi connectivity index (χ0n) is 11.9. The second-order valence-corrected chi connectivity index (χ2v) is 4.51.